The summed E-state index contributed by atoms with van der Waals surface area (Å²) in [5.74, 6) is -0.479. The topological polar surface area (TPSA) is 90.4 Å². The number of ether oxygens (including phenoxy) is 1. The zero-order valence-corrected chi connectivity index (χ0v) is 12.3. The van der Waals surface area contributed by atoms with Crippen LogP contribution in [-0.4, -0.2) is 36.9 Å². The molecular weight excluding hydrogens is 282 g/mol. The minimum Gasteiger partial charge on any atom is -0.389 e. The van der Waals surface area contributed by atoms with Crippen molar-refractivity contribution < 1.29 is 9.53 Å². The van der Waals surface area contributed by atoms with Crippen LogP contribution in [0.15, 0.2) is 23.1 Å². The van der Waals surface area contributed by atoms with Crippen LogP contribution in [0.3, 0.4) is 0 Å². The molecular formula is C12H17N3O2S2. The van der Waals surface area contributed by atoms with Gasteiger partial charge in [-0.15, -0.1) is 11.8 Å². The molecule has 0 aliphatic heterocycles. The molecule has 0 aliphatic carbocycles. The second kappa shape index (κ2) is 7.98. The van der Waals surface area contributed by atoms with Gasteiger partial charge in [-0.25, -0.2) is 0 Å². The first-order chi connectivity index (χ1) is 9.06. The maximum Gasteiger partial charge on any atom is 0.243 e. The van der Waals surface area contributed by atoms with Gasteiger partial charge in [-0.05, 0) is 18.4 Å². The fourth-order valence-corrected chi connectivity index (χ4v) is 2.46. The van der Waals surface area contributed by atoms with E-state index in [0.717, 1.165) is 16.1 Å². The number of thiocarbonyl (C=S) groups is 1. The molecule has 0 saturated heterocycles. The fourth-order valence-electron chi connectivity index (χ4n) is 1.53. The molecule has 5 nitrogen and oxygen atoms in total. The maximum atomic E-state index is 10.5. The SMILES string of the molecule is CSc1cccc(NCCOCC(N)=O)c1C(N)=S. The highest BCUT2D eigenvalue weighted by molar-refractivity contribution is 7.98. The molecule has 7 heteroatoms. The molecule has 1 aromatic carbocycles. The van der Waals surface area contributed by atoms with E-state index in [1.54, 1.807) is 11.8 Å². The zero-order chi connectivity index (χ0) is 14.3. The Labute approximate surface area is 122 Å². The largest absolute Gasteiger partial charge is 0.389 e. The van der Waals surface area contributed by atoms with Gasteiger partial charge in [-0.2, -0.15) is 0 Å². The predicted molar refractivity (Wildman–Crippen MR) is 82.6 cm³/mol. The van der Waals surface area contributed by atoms with Gasteiger partial charge in [-0.1, -0.05) is 18.3 Å². The molecule has 0 spiro atoms. The lowest BCUT2D eigenvalue weighted by molar-refractivity contribution is -0.122. The molecule has 5 N–H and O–H groups in total. The van der Waals surface area contributed by atoms with Gasteiger partial charge in [0.15, 0.2) is 0 Å². The smallest absolute Gasteiger partial charge is 0.243 e. The van der Waals surface area contributed by atoms with Crippen LogP contribution in [0, 0.1) is 0 Å². The molecule has 104 valence electrons. The summed E-state index contributed by atoms with van der Waals surface area (Å²) in [6.07, 6.45) is 1.97. The molecule has 0 aliphatic rings. The number of primary amides is 1. The Bertz CT molecular complexity index is 466. The third-order valence-corrected chi connectivity index (χ3v) is 3.28. The molecule has 1 aromatic rings. The number of amides is 1. The van der Waals surface area contributed by atoms with Crippen molar-refractivity contribution in [3.05, 3.63) is 23.8 Å². The van der Waals surface area contributed by atoms with Crippen LogP contribution in [0.4, 0.5) is 5.69 Å². The quantitative estimate of drug-likeness (QED) is 0.376. The van der Waals surface area contributed by atoms with Crippen LogP contribution >= 0.6 is 24.0 Å². The third-order valence-electron chi connectivity index (χ3n) is 2.30. The van der Waals surface area contributed by atoms with E-state index < -0.39 is 5.91 Å². The number of benzene rings is 1. The second-order valence-electron chi connectivity index (χ2n) is 3.69. The summed E-state index contributed by atoms with van der Waals surface area (Å²) in [4.78, 5) is 11.9. The van der Waals surface area contributed by atoms with E-state index in [2.05, 4.69) is 5.32 Å². The van der Waals surface area contributed by atoms with Crippen molar-refractivity contribution in [3.63, 3.8) is 0 Å². The van der Waals surface area contributed by atoms with Crippen LogP contribution in [-0.2, 0) is 9.53 Å². The van der Waals surface area contributed by atoms with E-state index >= 15 is 0 Å². The van der Waals surface area contributed by atoms with Gasteiger partial charge >= 0.3 is 0 Å². The molecule has 0 atom stereocenters. The van der Waals surface area contributed by atoms with Crippen molar-refractivity contribution in [1.29, 1.82) is 0 Å². The number of hydrogen-bond donors (Lipinski definition) is 3. The fraction of sp³-hybridized carbons (Fsp3) is 0.333. The van der Waals surface area contributed by atoms with Crippen LogP contribution < -0.4 is 16.8 Å². The molecule has 19 heavy (non-hydrogen) atoms. The van der Waals surface area contributed by atoms with Gasteiger partial charge in [-0.3, -0.25) is 4.79 Å². The van der Waals surface area contributed by atoms with E-state index in [1.807, 2.05) is 24.5 Å². The Balaban J connectivity index is 2.62. The number of hydrogen-bond acceptors (Lipinski definition) is 5. The molecule has 0 heterocycles. The summed E-state index contributed by atoms with van der Waals surface area (Å²) >= 11 is 6.66. The lowest BCUT2D eigenvalue weighted by Gasteiger charge is -2.14. The first-order valence-electron chi connectivity index (χ1n) is 5.63. The van der Waals surface area contributed by atoms with Gasteiger partial charge in [0.1, 0.15) is 11.6 Å². The van der Waals surface area contributed by atoms with Crippen molar-refractivity contribution in [2.75, 3.05) is 31.3 Å². The number of thioether (sulfide) groups is 1. The average molecular weight is 299 g/mol. The molecule has 0 saturated carbocycles. The number of carbonyl (C=O) groups is 1. The Hall–Kier alpha value is -1.31. The van der Waals surface area contributed by atoms with Crippen molar-refractivity contribution in [3.8, 4) is 0 Å². The number of rotatable bonds is 8. The van der Waals surface area contributed by atoms with E-state index in [1.165, 1.54) is 0 Å². The van der Waals surface area contributed by atoms with E-state index in [9.17, 15) is 4.79 Å². The molecule has 0 unspecified atom stereocenters. The molecule has 0 fully saturated rings. The molecule has 1 rings (SSSR count). The van der Waals surface area contributed by atoms with E-state index in [4.69, 9.17) is 28.4 Å². The summed E-state index contributed by atoms with van der Waals surface area (Å²) in [5, 5.41) is 3.19. The van der Waals surface area contributed by atoms with E-state index in [0.29, 0.717) is 18.1 Å². The number of nitrogens with two attached hydrogens (primary N) is 2. The standard InChI is InChI=1S/C12H17N3O2S2/c1-19-9-4-2-3-8(11(9)12(14)18)15-5-6-17-7-10(13)16/h2-4,15H,5-7H2,1H3,(H2,13,16)(H2,14,18). The molecule has 0 bridgehead atoms. The van der Waals surface area contributed by atoms with E-state index in [-0.39, 0.29) is 6.61 Å². The number of nitrogens with one attached hydrogen (secondary N) is 1. The van der Waals surface area contributed by atoms with Crippen molar-refractivity contribution in [2.24, 2.45) is 11.5 Å². The molecule has 0 radical (unpaired) electrons. The highest BCUT2D eigenvalue weighted by atomic mass is 32.2. The summed E-state index contributed by atoms with van der Waals surface area (Å²) in [7, 11) is 0. The van der Waals surface area contributed by atoms with Crippen molar-refractivity contribution in [1.82, 2.24) is 0 Å². The highest BCUT2D eigenvalue weighted by Crippen LogP contribution is 2.26. The monoisotopic (exact) mass is 299 g/mol. The zero-order valence-electron chi connectivity index (χ0n) is 10.6. The van der Waals surface area contributed by atoms with Crippen LogP contribution in [0.25, 0.3) is 0 Å². The van der Waals surface area contributed by atoms with Gasteiger partial charge in [0.05, 0.1) is 6.61 Å². The third kappa shape index (κ3) is 5.06. The predicted octanol–water partition coefficient (Wildman–Crippen LogP) is 0.957. The summed E-state index contributed by atoms with van der Waals surface area (Å²) < 4.78 is 5.07. The first-order valence-corrected chi connectivity index (χ1v) is 7.26. The minimum absolute atomic E-state index is 0.0747. The van der Waals surface area contributed by atoms with Crippen LogP contribution in [0.5, 0.6) is 0 Å². The summed E-state index contributed by atoms with van der Waals surface area (Å²) in [5.41, 5.74) is 12.4. The Morgan fingerprint density at radius 3 is 2.79 bits per heavy atom. The lowest BCUT2D eigenvalue weighted by atomic mass is 10.1. The van der Waals surface area contributed by atoms with Gasteiger partial charge in [0.25, 0.3) is 0 Å². The maximum absolute atomic E-state index is 10.5. The van der Waals surface area contributed by atoms with Gasteiger partial charge < -0.3 is 21.5 Å². The summed E-state index contributed by atoms with van der Waals surface area (Å²) in [6.45, 7) is 0.846. The Kier molecular flexibility index (Phi) is 6.61. The van der Waals surface area contributed by atoms with Gasteiger partial charge in [0.2, 0.25) is 5.91 Å². The van der Waals surface area contributed by atoms with Gasteiger partial charge in [0, 0.05) is 22.7 Å². The van der Waals surface area contributed by atoms with Crippen molar-refractivity contribution in [2.45, 2.75) is 4.90 Å². The normalized spacial score (nSPS) is 10.2. The highest BCUT2D eigenvalue weighted by Gasteiger charge is 2.09. The summed E-state index contributed by atoms with van der Waals surface area (Å²) in [6, 6.07) is 5.80. The number of carbonyl (C=O) groups excluding carboxylic acids is 1. The average Bonchev–Trinajstić information content (AvgIpc) is 2.37. The van der Waals surface area contributed by atoms with Crippen molar-refractivity contribution >= 4 is 40.6 Å². The second-order valence-corrected chi connectivity index (χ2v) is 4.98. The minimum atomic E-state index is -0.479. The molecule has 1 amide bonds. The Morgan fingerprint density at radius 1 is 1.47 bits per heavy atom. The Morgan fingerprint density at radius 2 is 2.21 bits per heavy atom. The number of anilines is 1. The first kappa shape index (κ1) is 15.7. The lowest BCUT2D eigenvalue weighted by Crippen LogP contribution is -2.21. The van der Waals surface area contributed by atoms with Crippen LogP contribution in [0.1, 0.15) is 5.56 Å². The van der Waals surface area contributed by atoms with Crippen LogP contribution in [0.2, 0.25) is 0 Å². The molecule has 0 aromatic heterocycles.